The zero-order chi connectivity index (χ0) is 20.5. The van der Waals surface area contributed by atoms with E-state index in [0.29, 0.717) is 29.9 Å². The summed E-state index contributed by atoms with van der Waals surface area (Å²) in [5.41, 5.74) is 3.46. The van der Waals surface area contributed by atoms with Crippen LogP contribution in [0.3, 0.4) is 0 Å². The lowest BCUT2D eigenvalue weighted by molar-refractivity contribution is 0.0664. The Hall–Kier alpha value is -2.38. The molecule has 0 atom stereocenters. The van der Waals surface area contributed by atoms with E-state index < -0.39 is 10.0 Å². The lowest BCUT2D eigenvalue weighted by atomic mass is 10.1. The monoisotopic (exact) mass is 401 g/mol. The average molecular weight is 402 g/mol. The van der Waals surface area contributed by atoms with E-state index in [1.54, 1.807) is 30.0 Å². The van der Waals surface area contributed by atoms with Gasteiger partial charge in [-0.3, -0.25) is 9.52 Å². The van der Waals surface area contributed by atoms with Crippen molar-refractivity contribution >= 4 is 21.6 Å². The highest BCUT2D eigenvalue weighted by Gasteiger charge is 2.24. The maximum absolute atomic E-state index is 13.0. The number of sulfonamides is 1. The third-order valence-corrected chi connectivity index (χ3v) is 6.65. The van der Waals surface area contributed by atoms with Crippen molar-refractivity contribution in [2.45, 2.75) is 25.7 Å². The van der Waals surface area contributed by atoms with Gasteiger partial charge in [0.05, 0.1) is 10.6 Å². The number of hydrogen-bond acceptors (Lipinski definition) is 4. The van der Waals surface area contributed by atoms with Crippen molar-refractivity contribution < 1.29 is 13.2 Å². The molecule has 0 aromatic heterocycles. The predicted octanol–water partition coefficient (Wildman–Crippen LogP) is 2.80. The topological polar surface area (TPSA) is 69.7 Å². The van der Waals surface area contributed by atoms with Crippen LogP contribution in [0.15, 0.2) is 41.3 Å². The molecule has 1 aliphatic heterocycles. The van der Waals surface area contributed by atoms with Crippen molar-refractivity contribution in [2.75, 3.05) is 37.9 Å². The van der Waals surface area contributed by atoms with Crippen molar-refractivity contribution in [3.63, 3.8) is 0 Å². The quantitative estimate of drug-likeness (QED) is 0.855. The number of amides is 1. The molecule has 0 saturated carbocycles. The molecule has 0 bridgehead atoms. The van der Waals surface area contributed by atoms with Crippen LogP contribution in [0.5, 0.6) is 0 Å². The van der Waals surface area contributed by atoms with Gasteiger partial charge in [-0.15, -0.1) is 0 Å². The number of likely N-dealkylation sites (N-methyl/N-ethyl adjacent to an activating group) is 1. The van der Waals surface area contributed by atoms with Crippen LogP contribution in [0.4, 0.5) is 5.69 Å². The van der Waals surface area contributed by atoms with Crippen LogP contribution in [-0.2, 0) is 10.0 Å². The first-order valence-corrected chi connectivity index (χ1v) is 10.8. The van der Waals surface area contributed by atoms with Gasteiger partial charge < -0.3 is 9.80 Å². The van der Waals surface area contributed by atoms with Gasteiger partial charge in [0.2, 0.25) is 0 Å². The van der Waals surface area contributed by atoms with Crippen molar-refractivity contribution in [2.24, 2.45) is 0 Å². The average Bonchev–Trinajstić information content (AvgIpc) is 2.64. The SMILES string of the molecule is Cc1ccc(NS(=O)(=O)c2cc(C(=O)N3CCN(C)CC3)ccc2C)c(C)c1. The number of carbonyl (C=O) groups excluding carboxylic acids is 1. The van der Waals surface area contributed by atoms with Gasteiger partial charge in [-0.25, -0.2) is 8.42 Å². The Bertz CT molecular complexity index is 994. The van der Waals surface area contributed by atoms with Crippen molar-refractivity contribution in [3.05, 3.63) is 58.7 Å². The third-order valence-electron chi connectivity index (χ3n) is 5.14. The van der Waals surface area contributed by atoms with E-state index >= 15 is 0 Å². The van der Waals surface area contributed by atoms with Crippen LogP contribution in [0.1, 0.15) is 27.0 Å². The minimum absolute atomic E-state index is 0.129. The zero-order valence-electron chi connectivity index (χ0n) is 16.8. The summed E-state index contributed by atoms with van der Waals surface area (Å²) in [6.07, 6.45) is 0. The van der Waals surface area contributed by atoms with E-state index in [4.69, 9.17) is 0 Å². The number of benzene rings is 2. The van der Waals surface area contributed by atoms with Crippen molar-refractivity contribution in [3.8, 4) is 0 Å². The molecular formula is C21H27N3O3S. The fourth-order valence-corrected chi connectivity index (χ4v) is 4.75. The molecule has 1 N–H and O–H groups in total. The maximum Gasteiger partial charge on any atom is 0.262 e. The maximum atomic E-state index is 13.0. The number of rotatable bonds is 4. The third kappa shape index (κ3) is 4.36. The van der Waals surface area contributed by atoms with E-state index in [2.05, 4.69) is 9.62 Å². The van der Waals surface area contributed by atoms with Gasteiger partial charge in [-0.05, 0) is 57.1 Å². The Morgan fingerprint density at radius 2 is 1.61 bits per heavy atom. The molecule has 6 nitrogen and oxygen atoms in total. The van der Waals surface area contributed by atoms with Gasteiger partial charge in [-0.1, -0.05) is 23.8 Å². The number of piperazine rings is 1. The molecule has 2 aromatic rings. The standard InChI is InChI=1S/C21H27N3O3S/c1-15-5-8-19(17(3)13-15)22-28(26,27)20-14-18(7-6-16(20)2)21(25)24-11-9-23(4)10-12-24/h5-8,13-14,22H,9-12H2,1-4H3. The largest absolute Gasteiger partial charge is 0.336 e. The van der Waals surface area contributed by atoms with Gasteiger partial charge in [0, 0.05) is 31.7 Å². The summed E-state index contributed by atoms with van der Waals surface area (Å²) >= 11 is 0. The molecular weight excluding hydrogens is 374 g/mol. The molecule has 2 aromatic carbocycles. The summed E-state index contributed by atoms with van der Waals surface area (Å²) in [7, 11) is -1.78. The first-order valence-electron chi connectivity index (χ1n) is 9.36. The molecule has 1 amide bonds. The van der Waals surface area contributed by atoms with Gasteiger partial charge in [0.15, 0.2) is 0 Å². The Morgan fingerprint density at radius 3 is 2.25 bits per heavy atom. The molecule has 0 radical (unpaired) electrons. The van der Waals surface area contributed by atoms with E-state index in [1.807, 2.05) is 33.0 Å². The van der Waals surface area contributed by atoms with Crippen molar-refractivity contribution in [1.82, 2.24) is 9.80 Å². The van der Waals surface area contributed by atoms with Gasteiger partial charge in [-0.2, -0.15) is 0 Å². The second-order valence-electron chi connectivity index (χ2n) is 7.50. The summed E-state index contributed by atoms with van der Waals surface area (Å²) in [5, 5.41) is 0. The Balaban J connectivity index is 1.88. The first kappa shape index (κ1) is 20.4. The zero-order valence-corrected chi connectivity index (χ0v) is 17.6. The number of carbonyl (C=O) groups is 1. The number of aryl methyl sites for hydroxylation is 3. The summed E-state index contributed by atoms with van der Waals surface area (Å²) in [6.45, 7) is 8.49. The lowest BCUT2D eigenvalue weighted by Gasteiger charge is -2.32. The first-order chi connectivity index (χ1) is 13.2. The minimum atomic E-state index is -3.80. The number of nitrogens with one attached hydrogen (secondary N) is 1. The van der Waals surface area contributed by atoms with Crippen LogP contribution in [0, 0.1) is 20.8 Å². The molecule has 1 saturated heterocycles. The molecule has 28 heavy (non-hydrogen) atoms. The van der Waals surface area contributed by atoms with Crippen LogP contribution in [0.25, 0.3) is 0 Å². The minimum Gasteiger partial charge on any atom is -0.336 e. The predicted molar refractivity (Wildman–Crippen MR) is 111 cm³/mol. The highest BCUT2D eigenvalue weighted by molar-refractivity contribution is 7.92. The molecule has 3 rings (SSSR count). The van der Waals surface area contributed by atoms with E-state index in [9.17, 15) is 13.2 Å². The van der Waals surface area contributed by atoms with Crippen molar-refractivity contribution in [1.29, 1.82) is 0 Å². The van der Waals surface area contributed by atoms with Gasteiger partial charge >= 0.3 is 0 Å². The lowest BCUT2D eigenvalue weighted by Crippen LogP contribution is -2.47. The molecule has 1 heterocycles. The molecule has 7 heteroatoms. The van der Waals surface area contributed by atoms with Crippen LogP contribution in [0.2, 0.25) is 0 Å². The highest BCUT2D eigenvalue weighted by atomic mass is 32.2. The molecule has 1 fully saturated rings. The second kappa shape index (κ2) is 7.93. The summed E-state index contributed by atoms with van der Waals surface area (Å²) in [6, 6.07) is 10.4. The molecule has 0 aliphatic carbocycles. The van der Waals surface area contributed by atoms with E-state index in [0.717, 1.165) is 24.2 Å². The summed E-state index contributed by atoms with van der Waals surface area (Å²) < 4.78 is 28.7. The molecule has 1 aliphatic rings. The normalized spacial score (nSPS) is 15.5. The molecule has 150 valence electrons. The van der Waals surface area contributed by atoms with Crippen LogP contribution < -0.4 is 4.72 Å². The van der Waals surface area contributed by atoms with Crippen LogP contribution in [-0.4, -0.2) is 57.4 Å². The van der Waals surface area contributed by atoms with Gasteiger partial charge in [0.25, 0.3) is 15.9 Å². The number of anilines is 1. The Kier molecular flexibility index (Phi) is 5.76. The molecule has 0 unspecified atom stereocenters. The fourth-order valence-electron chi connectivity index (χ4n) is 3.34. The summed E-state index contributed by atoms with van der Waals surface area (Å²) in [5.74, 6) is -0.129. The highest BCUT2D eigenvalue weighted by Crippen LogP contribution is 2.24. The fraction of sp³-hybridized carbons (Fsp3) is 0.381. The van der Waals surface area contributed by atoms with Crippen LogP contribution >= 0.6 is 0 Å². The van der Waals surface area contributed by atoms with Gasteiger partial charge in [0.1, 0.15) is 0 Å². The van der Waals surface area contributed by atoms with E-state index in [-0.39, 0.29) is 10.8 Å². The second-order valence-corrected chi connectivity index (χ2v) is 9.15. The Labute approximate surface area is 167 Å². The summed E-state index contributed by atoms with van der Waals surface area (Å²) in [4.78, 5) is 16.9. The Morgan fingerprint density at radius 1 is 0.929 bits per heavy atom. The molecule has 0 spiro atoms. The van der Waals surface area contributed by atoms with E-state index in [1.165, 1.54) is 6.07 Å². The smallest absolute Gasteiger partial charge is 0.262 e. The number of hydrogen-bond donors (Lipinski definition) is 1. The number of nitrogens with zero attached hydrogens (tertiary/aromatic N) is 2.